The SMILES string of the molecule is CCC(=O)N1CCO[C@](Cc2cccc(-c3ccncc3)c2)(C(=O)N(C)C)C1. The summed E-state index contributed by atoms with van der Waals surface area (Å²) in [5.74, 6) is -0.0693. The largest absolute Gasteiger partial charge is 0.361 e. The first-order chi connectivity index (χ1) is 13.4. The summed E-state index contributed by atoms with van der Waals surface area (Å²) in [5, 5.41) is 0. The van der Waals surface area contributed by atoms with Gasteiger partial charge in [0.1, 0.15) is 0 Å². The molecule has 0 spiro atoms. The molecule has 0 bridgehead atoms. The highest BCUT2D eigenvalue weighted by atomic mass is 16.5. The summed E-state index contributed by atoms with van der Waals surface area (Å²) in [6, 6.07) is 12.0. The molecule has 2 aromatic rings. The smallest absolute Gasteiger partial charge is 0.256 e. The van der Waals surface area contributed by atoms with Crippen molar-refractivity contribution in [3.05, 3.63) is 54.4 Å². The second-order valence-corrected chi connectivity index (χ2v) is 7.32. The predicted octanol–water partition coefficient (Wildman–Crippen LogP) is 2.39. The quantitative estimate of drug-likeness (QED) is 0.798. The van der Waals surface area contributed by atoms with Crippen molar-refractivity contribution in [3.8, 4) is 11.1 Å². The Morgan fingerprint density at radius 2 is 1.93 bits per heavy atom. The average Bonchev–Trinajstić information content (AvgIpc) is 2.73. The van der Waals surface area contributed by atoms with E-state index in [1.807, 2.05) is 37.3 Å². The van der Waals surface area contributed by atoms with Gasteiger partial charge in [-0.15, -0.1) is 0 Å². The molecule has 1 saturated heterocycles. The van der Waals surface area contributed by atoms with Gasteiger partial charge in [0.2, 0.25) is 5.91 Å². The van der Waals surface area contributed by atoms with Crippen LogP contribution in [-0.2, 0) is 20.7 Å². The minimum atomic E-state index is -1.07. The summed E-state index contributed by atoms with van der Waals surface area (Å²) < 4.78 is 6.07. The Morgan fingerprint density at radius 1 is 1.18 bits per heavy atom. The maximum Gasteiger partial charge on any atom is 0.256 e. The van der Waals surface area contributed by atoms with Crippen molar-refractivity contribution in [1.29, 1.82) is 0 Å². The molecule has 1 aromatic heterocycles. The zero-order chi connectivity index (χ0) is 20.1. The molecule has 1 atom stereocenters. The zero-order valence-corrected chi connectivity index (χ0v) is 16.7. The van der Waals surface area contributed by atoms with E-state index >= 15 is 0 Å². The first kappa shape index (κ1) is 20.0. The molecule has 0 unspecified atom stereocenters. The van der Waals surface area contributed by atoms with Gasteiger partial charge in [-0.3, -0.25) is 14.6 Å². The number of hydrogen-bond donors (Lipinski definition) is 0. The van der Waals surface area contributed by atoms with Crippen LogP contribution in [0.2, 0.25) is 0 Å². The standard InChI is InChI=1S/C22H27N3O3/c1-4-20(26)25-12-13-28-22(16-25,21(27)24(2)3)15-17-6-5-7-19(14-17)18-8-10-23-11-9-18/h5-11,14H,4,12-13,15-16H2,1-3H3/t22-/m0/s1. The molecule has 6 nitrogen and oxygen atoms in total. The fraction of sp³-hybridized carbons (Fsp3) is 0.409. The summed E-state index contributed by atoms with van der Waals surface area (Å²) >= 11 is 0. The number of benzene rings is 1. The second-order valence-electron chi connectivity index (χ2n) is 7.32. The van der Waals surface area contributed by atoms with Crippen molar-refractivity contribution < 1.29 is 14.3 Å². The summed E-state index contributed by atoms with van der Waals surface area (Å²) in [5.41, 5.74) is 2.06. The normalized spacial score (nSPS) is 19.3. The zero-order valence-electron chi connectivity index (χ0n) is 16.7. The summed E-state index contributed by atoms with van der Waals surface area (Å²) in [7, 11) is 3.45. The maximum atomic E-state index is 13.1. The Balaban J connectivity index is 1.92. The minimum absolute atomic E-state index is 0.0461. The van der Waals surface area contributed by atoms with E-state index in [1.165, 1.54) is 0 Å². The highest BCUT2D eigenvalue weighted by Gasteiger charge is 2.45. The van der Waals surface area contributed by atoms with Gasteiger partial charge < -0.3 is 14.5 Å². The summed E-state index contributed by atoms with van der Waals surface area (Å²) in [6.07, 6.45) is 4.36. The number of carbonyl (C=O) groups excluding carboxylic acids is 2. The molecular formula is C22H27N3O3. The van der Waals surface area contributed by atoms with E-state index in [1.54, 1.807) is 36.3 Å². The van der Waals surface area contributed by atoms with Gasteiger partial charge in [0.05, 0.1) is 13.2 Å². The van der Waals surface area contributed by atoms with Crippen molar-refractivity contribution in [2.75, 3.05) is 33.8 Å². The van der Waals surface area contributed by atoms with Gasteiger partial charge in [0.25, 0.3) is 5.91 Å². The van der Waals surface area contributed by atoms with Crippen LogP contribution in [0.15, 0.2) is 48.8 Å². The van der Waals surface area contributed by atoms with Crippen LogP contribution in [0.4, 0.5) is 0 Å². The number of aromatic nitrogens is 1. The number of pyridine rings is 1. The predicted molar refractivity (Wildman–Crippen MR) is 108 cm³/mol. The van der Waals surface area contributed by atoms with E-state index in [0.717, 1.165) is 16.7 Å². The molecule has 1 aliphatic heterocycles. The summed E-state index contributed by atoms with van der Waals surface area (Å²) in [4.78, 5) is 32.7. The van der Waals surface area contributed by atoms with Crippen LogP contribution >= 0.6 is 0 Å². The van der Waals surface area contributed by atoms with Gasteiger partial charge in [-0.25, -0.2) is 0 Å². The van der Waals surface area contributed by atoms with E-state index in [9.17, 15) is 9.59 Å². The van der Waals surface area contributed by atoms with E-state index in [0.29, 0.717) is 26.0 Å². The topological polar surface area (TPSA) is 62.7 Å². The number of ether oxygens (including phenoxy) is 1. The lowest BCUT2D eigenvalue weighted by Crippen LogP contribution is -2.61. The Labute approximate surface area is 166 Å². The molecule has 2 amide bonds. The fourth-order valence-corrected chi connectivity index (χ4v) is 3.68. The lowest BCUT2D eigenvalue weighted by molar-refractivity contribution is -0.172. The Bertz CT molecular complexity index is 838. The molecule has 0 N–H and O–H groups in total. The molecule has 0 radical (unpaired) electrons. The Kier molecular flexibility index (Phi) is 6.09. The number of likely N-dealkylation sites (N-methyl/N-ethyl adjacent to an activating group) is 1. The molecular weight excluding hydrogens is 354 g/mol. The number of amides is 2. The highest BCUT2D eigenvalue weighted by Crippen LogP contribution is 2.28. The van der Waals surface area contributed by atoms with Gasteiger partial charge >= 0.3 is 0 Å². The monoisotopic (exact) mass is 381 g/mol. The number of hydrogen-bond acceptors (Lipinski definition) is 4. The van der Waals surface area contributed by atoms with Crippen LogP contribution in [0.1, 0.15) is 18.9 Å². The van der Waals surface area contributed by atoms with Crippen molar-refractivity contribution in [2.45, 2.75) is 25.4 Å². The maximum absolute atomic E-state index is 13.1. The van der Waals surface area contributed by atoms with E-state index in [2.05, 4.69) is 11.1 Å². The van der Waals surface area contributed by atoms with Crippen molar-refractivity contribution in [1.82, 2.24) is 14.8 Å². The van der Waals surface area contributed by atoms with Crippen molar-refractivity contribution >= 4 is 11.8 Å². The van der Waals surface area contributed by atoms with Crippen LogP contribution in [0.3, 0.4) is 0 Å². The Hall–Kier alpha value is -2.73. The lowest BCUT2D eigenvalue weighted by atomic mass is 9.89. The van der Waals surface area contributed by atoms with Crippen LogP contribution in [0.25, 0.3) is 11.1 Å². The van der Waals surface area contributed by atoms with Gasteiger partial charge in [-0.1, -0.05) is 31.2 Å². The third-order valence-electron chi connectivity index (χ3n) is 5.07. The van der Waals surface area contributed by atoms with Gasteiger partial charge in [0.15, 0.2) is 5.60 Å². The number of morpholine rings is 1. The van der Waals surface area contributed by atoms with E-state index in [4.69, 9.17) is 4.74 Å². The molecule has 0 saturated carbocycles. The van der Waals surface area contributed by atoms with Gasteiger partial charge in [-0.05, 0) is 28.8 Å². The van der Waals surface area contributed by atoms with Gasteiger partial charge in [-0.2, -0.15) is 0 Å². The van der Waals surface area contributed by atoms with E-state index in [-0.39, 0.29) is 18.4 Å². The molecule has 1 aliphatic rings. The van der Waals surface area contributed by atoms with Crippen LogP contribution in [0, 0.1) is 0 Å². The fourth-order valence-electron chi connectivity index (χ4n) is 3.68. The third kappa shape index (κ3) is 4.22. The highest BCUT2D eigenvalue weighted by molar-refractivity contribution is 5.87. The number of rotatable bonds is 5. The molecule has 1 aromatic carbocycles. The molecule has 2 heterocycles. The van der Waals surface area contributed by atoms with Crippen molar-refractivity contribution in [3.63, 3.8) is 0 Å². The molecule has 6 heteroatoms. The van der Waals surface area contributed by atoms with Crippen LogP contribution < -0.4 is 0 Å². The second kappa shape index (κ2) is 8.52. The van der Waals surface area contributed by atoms with Crippen LogP contribution in [0.5, 0.6) is 0 Å². The molecule has 28 heavy (non-hydrogen) atoms. The summed E-state index contributed by atoms with van der Waals surface area (Å²) in [6.45, 7) is 2.99. The Morgan fingerprint density at radius 3 is 2.61 bits per heavy atom. The molecule has 148 valence electrons. The molecule has 1 fully saturated rings. The first-order valence-electron chi connectivity index (χ1n) is 9.58. The van der Waals surface area contributed by atoms with Crippen LogP contribution in [-0.4, -0.2) is 66.0 Å². The van der Waals surface area contributed by atoms with E-state index < -0.39 is 5.60 Å². The van der Waals surface area contributed by atoms with Gasteiger partial charge in [0, 0.05) is 45.9 Å². The lowest BCUT2D eigenvalue weighted by Gasteiger charge is -2.43. The minimum Gasteiger partial charge on any atom is -0.361 e. The average molecular weight is 381 g/mol. The number of carbonyl (C=O) groups is 2. The number of nitrogens with zero attached hydrogens (tertiary/aromatic N) is 3. The first-order valence-corrected chi connectivity index (χ1v) is 9.58. The van der Waals surface area contributed by atoms with Crippen molar-refractivity contribution in [2.24, 2.45) is 0 Å². The molecule has 0 aliphatic carbocycles. The third-order valence-corrected chi connectivity index (χ3v) is 5.07. The molecule has 3 rings (SSSR count).